The van der Waals surface area contributed by atoms with Crippen LogP contribution in [-0.4, -0.2) is 50.0 Å². The van der Waals surface area contributed by atoms with Crippen molar-refractivity contribution in [1.29, 1.82) is 0 Å². The van der Waals surface area contributed by atoms with E-state index in [9.17, 15) is 22.4 Å². The van der Waals surface area contributed by atoms with Gasteiger partial charge in [-0.05, 0) is 62.2 Å². The number of rotatable bonds is 10. The highest BCUT2D eigenvalue weighted by molar-refractivity contribution is 7.92. The Kier molecular flexibility index (Phi) is 9.25. The van der Waals surface area contributed by atoms with Gasteiger partial charge in [0.15, 0.2) is 0 Å². The van der Waals surface area contributed by atoms with Crippen molar-refractivity contribution in [3.63, 3.8) is 0 Å². The van der Waals surface area contributed by atoms with Gasteiger partial charge in [-0.25, -0.2) is 12.8 Å². The second kappa shape index (κ2) is 11.5. The van der Waals surface area contributed by atoms with Gasteiger partial charge in [0.25, 0.3) is 0 Å². The Morgan fingerprint density at radius 2 is 1.64 bits per heavy atom. The van der Waals surface area contributed by atoms with E-state index in [-0.39, 0.29) is 24.2 Å². The maximum absolute atomic E-state index is 13.4. The number of nitrogens with one attached hydrogen (secondary N) is 1. The van der Waals surface area contributed by atoms with Crippen molar-refractivity contribution in [2.75, 3.05) is 17.1 Å². The first-order valence-corrected chi connectivity index (χ1v) is 12.7. The normalized spacial score (nSPS) is 13.2. The van der Waals surface area contributed by atoms with Crippen LogP contribution in [-0.2, 0) is 26.2 Å². The monoisotopic (exact) mass is 497 g/mol. The summed E-state index contributed by atoms with van der Waals surface area (Å²) in [5, 5.41) is 3.38. The molecule has 0 heterocycles. The molecule has 2 rings (SSSR count). The largest absolute Gasteiger partial charge is 0.352 e. The van der Waals surface area contributed by atoms with Crippen LogP contribution in [0.15, 0.2) is 48.5 Å². The number of nitrogens with zero attached hydrogens (tertiary/aromatic N) is 2. The first kappa shape index (κ1) is 26.6. The molecule has 0 unspecified atom stereocenters. The van der Waals surface area contributed by atoms with E-state index >= 15 is 0 Å². The summed E-state index contributed by atoms with van der Waals surface area (Å²) in [5.41, 5.74) is 0.874. The molecule has 0 saturated carbocycles. The average Bonchev–Trinajstić information content (AvgIpc) is 2.76. The highest BCUT2D eigenvalue weighted by Gasteiger charge is 2.30. The van der Waals surface area contributed by atoms with Crippen LogP contribution in [0.25, 0.3) is 0 Å². The number of carbonyl (C=O) groups excluding carboxylic acids is 2. The van der Waals surface area contributed by atoms with Crippen molar-refractivity contribution in [3.05, 3.63) is 64.9 Å². The fourth-order valence-electron chi connectivity index (χ4n) is 3.06. The molecule has 7 nitrogen and oxygen atoms in total. The summed E-state index contributed by atoms with van der Waals surface area (Å²) in [6.07, 6.45) is 1.68. The zero-order chi connectivity index (χ0) is 24.8. The van der Waals surface area contributed by atoms with E-state index < -0.39 is 34.3 Å². The smallest absolute Gasteiger partial charge is 0.244 e. The van der Waals surface area contributed by atoms with Gasteiger partial charge >= 0.3 is 0 Å². The molecule has 0 spiro atoms. The van der Waals surface area contributed by atoms with Gasteiger partial charge in [-0.15, -0.1) is 0 Å². The zero-order valence-electron chi connectivity index (χ0n) is 19.1. The Morgan fingerprint density at radius 3 is 2.15 bits per heavy atom. The first-order valence-electron chi connectivity index (χ1n) is 10.5. The number of sulfonamides is 1. The molecule has 0 aliphatic carbocycles. The van der Waals surface area contributed by atoms with E-state index in [2.05, 4.69) is 5.32 Å². The second-order valence-corrected chi connectivity index (χ2v) is 10.2. The molecule has 0 aromatic heterocycles. The lowest BCUT2D eigenvalue weighted by molar-refractivity contribution is -0.139. The summed E-state index contributed by atoms with van der Waals surface area (Å²) >= 11 is 5.95. The highest BCUT2D eigenvalue weighted by atomic mass is 35.5. The number of anilines is 1. The Bertz CT molecular complexity index is 1060. The number of hydrogen-bond acceptors (Lipinski definition) is 4. The minimum Gasteiger partial charge on any atom is -0.352 e. The molecule has 1 N–H and O–H groups in total. The minimum absolute atomic E-state index is 0.0755. The summed E-state index contributed by atoms with van der Waals surface area (Å²) in [7, 11) is -3.86. The molecule has 0 bridgehead atoms. The van der Waals surface area contributed by atoms with E-state index in [4.69, 9.17) is 11.6 Å². The second-order valence-electron chi connectivity index (χ2n) is 7.89. The molecule has 2 atom stereocenters. The van der Waals surface area contributed by atoms with Crippen LogP contribution in [0.1, 0.15) is 32.8 Å². The maximum Gasteiger partial charge on any atom is 0.244 e. The van der Waals surface area contributed by atoms with Crippen LogP contribution in [0.4, 0.5) is 10.1 Å². The minimum atomic E-state index is -3.86. The van der Waals surface area contributed by atoms with E-state index in [0.717, 1.165) is 34.7 Å². The van der Waals surface area contributed by atoms with Gasteiger partial charge in [-0.2, -0.15) is 0 Å². The topological polar surface area (TPSA) is 86.8 Å². The number of halogens is 2. The molecule has 0 aliphatic rings. The van der Waals surface area contributed by atoms with Gasteiger partial charge in [0, 0.05) is 17.6 Å². The third-order valence-corrected chi connectivity index (χ3v) is 6.62. The van der Waals surface area contributed by atoms with Crippen molar-refractivity contribution in [3.8, 4) is 0 Å². The molecule has 0 aliphatic heterocycles. The summed E-state index contributed by atoms with van der Waals surface area (Å²) in [6.45, 7) is 4.91. The van der Waals surface area contributed by atoms with Crippen molar-refractivity contribution in [2.24, 2.45) is 0 Å². The molecule has 33 heavy (non-hydrogen) atoms. The lowest BCUT2D eigenvalue weighted by atomic mass is 10.1. The Morgan fingerprint density at radius 1 is 1.06 bits per heavy atom. The van der Waals surface area contributed by atoms with Crippen LogP contribution in [0.3, 0.4) is 0 Å². The maximum atomic E-state index is 13.4. The summed E-state index contributed by atoms with van der Waals surface area (Å²) in [6, 6.07) is 10.7. The lowest BCUT2D eigenvalue weighted by Crippen LogP contribution is -2.52. The quantitative estimate of drug-likeness (QED) is 0.543. The Hall–Kier alpha value is -2.65. The lowest BCUT2D eigenvalue weighted by Gasteiger charge is -2.32. The van der Waals surface area contributed by atoms with E-state index in [1.165, 1.54) is 17.0 Å². The summed E-state index contributed by atoms with van der Waals surface area (Å²) < 4.78 is 39.1. The molecule has 2 aromatic rings. The zero-order valence-corrected chi connectivity index (χ0v) is 20.7. The predicted molar refractivity (Wildman–Crippen MR) is 128 cm³/mol. The van der Waals surface area contributed by atoms with E-state index in [1.54, 1.807) is 31.2 Å². The molecule has 0 saturated heterocycles. The number of benzene rings is 2. The highest BCUT2D eigenvalue weighted by Crippen LogP contribution is 2.20. The van der Waals surface area contributed by atoms with Gasteiger partial charge in [-0.1, -0.05) is 30.7 Å². The predicted octanol–water partition coefficient (Wildman–Crippen LogP) is 3.58. The van der Waals surface area contributed by atoms with Crippen LogP contribution in [0.2, 0.25) is 5.02 Å². The van der Waals surface area contributed by atoms with E-state index in [1.807, 2.05) is 13.8 Å². The van der Waals surface area contributed by atoms with Crippen LogP contribution in [0, 0.1) is 5.82 Å². The number of carbonyl (C=O) groups is 2. The standard InChI is InChI=1S/C23H29ClFN3O4S/c1-5-16(2)26-23(30)17(3)27(14-18-6-8-19(24)9-7-18)22(29)15-28(33(4,31)32)21-12-10-20(25)11-13-21/h6-13,16-17H,5,14-15H2,1-4H3,(H,26,30)/t16-,17-/m1/s1. The molecule has 2 aromatic carbocycles. The van der Waals surface area contributed by atoms with Crippen molar-refractivity contribution < 1.29 is 22.4 Å². The first-order chi connectivity index (χ1) is 15.4. The molecule has 0 fully saturated rings. The molecular weight excluding hydrogens is 469 g/mol. The SMILES string of the molecule is CC[C@@H](C)NC(=O)[C@@H](C)N(Cc1ccc(Cl)cc1)C(=O)CN(c1ccc(F)cc1)S(C)(=O)=O. The van der Waals surface area contributed by atoms with Crippen LogP contribution < -0.4 is 9.62 Å². The van der Waals surface area contributed by atoms with Crippen LogP contribution in [0.5, 0.6) is 0 Å². The average molecular weight is 498 g/mol. The molecule has 0 radical (unpaired) electrons. The van der Waals surface area contributed by atoms with Gasteiger partial charge in [0.2, 0.25) is 21.8 Å². The van der Waals surface area contributed by atoms with Crippen LogP contribution >= 0.6 is 11.6 Å². The third-order valence-electron chi connectivity index (χ3n) is 5.23. The van der Waals surface area contributed by atoms with Crippen molar-refractivity contribution in [2.45, 2.75) is 45.8 Å². The Labute approximate surface area is 199 Å². The van der Waals surface area contributed by atoms with Gasteiger partial charge in [0.1, 0.15) is 18.4 Å². The van der Waals surface area contributed by atoms with Crippen molar-refractivity contribution >= 4 is 39.1 Å². The number of amides is 2. The number of hydrogen-bond donors (Lipinski definition) is 1. The van der Waals surface area contributed by atoms with Gasteiger partial charge < -0.3 is 10.2 Å². The van der Waals surface area contributed by atoms with Gasteiger partial charge in [0.05, 0.1) is 11.9 Å². The summed E-state index contributed by atoms with van der Waals surface area (Å²) in [4.78, 5) is 27.5. The molecular formula is C23H29ClFN3O4S. The molecule has 10 heteroatoms. The fraction of sp³-hybridized carbons (Fsp3) is 0.391. The van der Waals surface area contributed by atoms with E-state index in [0.29, 0.717) is 5.02 Å². The molecule has 180 valence electrons. The summed E-state index contributed by atoms with van der Waals surface area (Å²) in [5.74, 6) is -1.45. The third kappa shape index (κ3) is 7.71. The fourth-order valence-corrected chi connectivity index (χ4v) is 4.03. The van der Waals surface area contributed by atoms with Crippen molar-refractivity contribution in [1.82, 2.24) is 10.2 Å². The van der Waals surface area contributed by atoms with Gasteiger partial charge in [-0.3, -0.25) is 13.9 Å². The Balaban J connectivity index is 2.36. The molecule has 2 amide bonds.